The fourth-order valence-corrected chi connectivity index (χ4v) is 3.02. The van der Waals surface area contributed by atoms with Crippen LogP contribution < -0.4 is 5.32 Å². The monoisotopic (exact) mass is 235 g/mol. The number of piperidine rings is 1. The number of aryl methyl sites for hydroxylation is 1. The van der Waals surface area contributed by atoms with Gasteiger partial charge in [-0.2, -0.15) is 0 Å². The van der Waals surface area contributed by atoms with Crippen molar-refractivity contribution in [3.05, 3.63) is 35.1 Å². The molecule has 1 aromatic rings. The topological polar surface area (TPSA) is 12.0 Å². The summed E-state index contributed by atoms with van der Waals surface area (Å²) >= 11 is 0. The van der Waals surface area contributed by atoms with E-state index in [2.05, 4.69) is 19.2 Å². The summed E-state index contributed by atoms with van der Waals surface area (Å²) in [6, 6.07) is 5.22. The molecule has 1 aliphatic rings. The molecule has 0 amide bonds. The van der Waals surface area contributed by atoms with Crippen LogP contribution in [0.4, 0.5) is 4.39 Å². The van der Waals surface area contributed by atoms with Gasteiger partial charge in [0.25, 0.3) is 0 Å². The van der Waals surface area contributed by atoms with E-state index in [0.29, 0.717) is 11.8 Å². The van der Waals surface area contributed by atoms with Crippen molar-refractivity contribution in [2.75, 3.05) is 13.1 Å². The maximum absolute atomic E-state index is 13.4. The quantitative estimate of drug-likeness (QED) is 0.843. The normalized spacial score (nSPS) is 24.9. The van der Waals surface area contributed by atoms with Gasteiger partial charge >= 0.3 is 0 Å². The summed E-state index contributed by atoms with van der Waals surface area (Å²) in [4.78, 5) is 0. The molecule has 0 radical (unpaired) electrons. The van der Waals surface area contributed by atoms with Crippen molar-refractivity contribution in [2.45, 2.75) is 39.0 Å². The van der Waals surface area contributed by atoms with Crippen LogP contribution in [-0.2, 0) is 0 Å². The number of hydrogen-bond acceptors (Lipinski definition) is 1. The minimum atomic E-state index is -0.0978. The van der Waals surface area contributed by atoms with Gasteiger partial charge in [0.15, 0.2) is 0 Å². The van der Waals surface area contributed by atoms with Crippen molar-refractivity contribution in [2.24, 2.45) is 5.92 Å². The van der Waals surface area contributed by atoms with E-state index in [4.69, 9.17) is 0 Å². The average molecular weight is 235 g/mol. The Morgan fingerprint density at radius 2 is 2.24 bits per heavy atom. The van der Waals surface area contributed by atoms with E-state index >= 15 is 0 Å². The van der Waals surface area contributed by atoms with E-state index in [1.807, 2.05) is 6.07 Å². The highest BCUT2D eigenvalue weighted by molar-refractivity contribution is 5.31. The van der Waals surface area contributed by atoms with Crippen LogP contribution in [0.2, 0.25) is 0 Å². The first-order valence-corrected chi connectivity index (χ1v) is 6.69. The maximum atomic E-state index is 13.4. The van der Waals surface area contributed by atoms with Gasteiger partial charge in [0.05, 0.1) is 0 Å². The van der Waals surface area contributed by atoms with Crippen LogP contribution in [0.15, 0.2) is 18.2 Å². The summed E-state index contributed by atoms with van der Waals surface area (Å²) in [5, 5.41) is 3.46. The van der Waals surface area contributed by atoms with E-state index < -0.39 is 0 Å². The van der Waals surface area contributed by atoms with E-state index in [9.17, 15) is 4.39 Å². The van der Waals surface area contributed by atoms with Crippen LogP contribution in [0, 0.1) is 18.7 Å². The molecule has 1 N–H and O–H groups in total. The molecule has 1 aliphatic heterocycles. The maximum Gasteiger partial charge on any atom is 0.123 e. The zero-order chi connectivity index (χ0) is 12.3. The SMILES string of the molecule is CCCC1CNCCC1c1cc(F)ccc1C. The second kappa shape index (κ2) is 5.63. The fraction of sp³-hybridized carbons (Fsp3) is 0.600. The highest BCUT2D eigenvalue weighted by atomic mass is 19.1. The third kappa shape index (κ3) is 2.86. The summed E-state index contributed by atoms with van der Waals surface area (Å²) in [5.74, 6) is 1.10. The molecule has 94 valence electrons. The first kappa shape index (κ1) is 12.6. The Kier molecular flexibility index (Phi) is 4.16. The lowest BCUT2D eigenvalue weighted by Gasteiger charge is -2.33. The van der Waals surface area contributed by atoms with E-state index in [-0.39, 0.29) is 5.82 Å². The first-order chi connectivity index (χ1) is 8.22. The van der Waals surface area contributed by atoms with Gasteiger partial charge in [-0.15, -0.1) is 0 Å². The summed E-state index contributed by atoms with van der Waals surface area (Å²) in [6.45, 7) is 6.46. The first-order valence-electron chi connectivity index (χ1n) is 6.69. The predicted molar refractivity (Wildman–Crippen MR) is 69.8 cm³/mol. The Morgan fingerprint density at radius 3 is 3.00 bits per heavy atom. The minimum Gasteiger partial charge on any atom is -0.316 e. The Morgan fingerprint density at radius 1 is 1.41 bits per heavy atom. The molecule has 2 heteroatoms. The van der Waals surface area contributed by atoms with E-state index in [0.717, 1.165) is 19.5 Å². The molecule has 1 saturated heterocycles. The van der Waals surface area contributed by atoms with Crippen LogP contribution in [-0.4, -0.2) is 13.1 Å². The molecule has 0 bridgehead atoms. The molecule has 0 saturated carbocycles. The van der Waals surface area contributed by atoms with Gasteiger partial charge in [-0.05, 0) is 68.0 Å². The summed E-state index contributed by atoms with van der Waals surface area (Å²) in [6.07, 6.45) is 3.57. The third-order valence-corrected chi connectivity index (χ3v) is 3.91. The molecule has 1 nitrogen and oxygen atoms in total. The molecule has 0 aromatic heterocycles. The highest BCUT2D eigenvalue weighted by Gasteiger charge is 2.26. The van der Waals surface area contributed by atoms with Crippen molar-refractivity contribution >= 4 is 0 Å². The molecular weight excluding hydrogens is 213 g/mol. The van der Waals surface area contributed by atoms with E-state index in [1.54, 1.807) is 12.1 Å². The summed E-state index contributed by atoms with van der Waals surface area (Å²) in [5.41, 5.74) is 2.46. The standard InChI is InChI=1S/C15H22FN/c1-3-4-12-10-17-8-7-14(12)15-9-13(16)6-5-11(15)2/h5-6,9,12,14,17H,3-4,7-8,10H2,1-2H3. The van der Waals surface area contributed by atoms with Crippen molar-refractivity contribution in [1.29, 1.82) is 0 Å². The second-order valence-corrected chi connectivity index (χ2v) is 5.15. The van der Waals surface area contributed by atoms with Crippen molar-refractivity contribution in [1.82, 2.24) is 5.32 Å². The molecule has 0 spiro atoms. The summed E-state index contributed by atoms with van der Waals surface area (Å²) in [7, 11) is 0. The molecule has 1 fully saturated rings. The smallest absolute Gasteiger partial charge is 0.123 e. The molecule has 1 heterocycles. The highest BCUT2D eigenvalue weighted by Crippen LogP contribution is 2.35. The van der Waals surface area contributed by atoms with Gasteiger partial charge in [0.1, 0.15) is 5.82 Å². The molecule has 2 rings (SSSR count). The summed E-state index contributed by atoms with van der Waals surface area (Å²) < 4.78 is 13.4. The number of rotatable bonds is 3. The molecule has 1 aromatic carbocycles. The molecule has 0 aliphatic carbocycles. The Labute approximate surface area is 103 Å². The molecule has 17 heavy (non-hydrogen) atoms. The Hall–Kier alpha value is -0.890. The fourth-order valence-electron chi connectivity index (χ4n) is 3.02. The molecular formula is C15H22FN. The van der Waals surface area contributed by atoms with Gasteiger partial charge in [-0.25, -0.2) is 4.39 Å². The van der Waals surface area contributed by atoms with Crippen LogP contribution >= 0.6 is 0 Å². The lowest BCUT2D eigenvalue weighted by molar-refractivity contribution is 0.305. The zero-order valence-electron chi connectivity index (χ0n) is 10.8. The molecule has 2 atom stereocenters. The second-order valence-electron chi connectivity index (χ2n) is 5.15. The Balaban J connectivity index is 2.25. The number of benzene rings is 1. The minimum absolute atomic E-state index is 0.0978. The largest absolute Gasteiger partial charge is 0.316 e. The van der Waals surface area contributed by atoms with Gasteiger partial charge in [0.2, 0.25) is 0 Å². The van der Waals surface area contributed by atoms with E-state index in [1.165, 1.54) is 24.0 Å². The average Bonchev–Trinajstić information content (AvgIpc) is 2.34. The van der Waals surface area contributed by atoms with Crippen molar-refractivity contribution in [3.63, 3.8) is 0 Å². The van der Waals surface area contributed by atoms with Gasteiger partial charge in [0, 0.05) is 0 Å². The molecule has 2 unspecified atom stereocenters. The Bertz CT molecular complexity index is 373. The van der Waals surface area contributed by atoms with Gasteiger partial charge in [-0.1, -0.05) is 19.4 Å². The van der Waals surface area contributed by atoms with Crippen molar-refractivity contribution in [3.8, 4) is 0 Å². The van der Waals surface area contributed by atoms with Crippen LogP contribution in [0.3, 0.4) is 0 Å². The van der Waals surface area contributed by atoms with Gasteiger partial charge < -0.3 is 5.32 Å². The number of nitrogens with one attached hydrogen (secondary N) is 1. The lowest BCUT2D eigenvalue weighted by Crippen LogP contribution is -2.35. The third-order valence-electron chi connectivity index (χ3n) is 3.91. The van der Waals surface area contributed by atoms with Crippen LogP contribution in [0.5, 0.6) is 0 Å². The lowest BCUT2D eigenvalue weighted by atomic mass is 9.77. The zero-order valence-corrected chi connectivity index (χ0v) is 10.8. The predicted octanol–water partition coefficient (Wildman–Crippen LogP) is 3.63. The van der Waals surface area contributed by atoms with Gasteiger partial charge in [-0.3, -0.25) is 0 Å². The number of halogens is 1. The van der Waals surface area contributed by atoms with Crippen LogP contribution in [0.1, 0.15) is 43.2 Å². The van der Waals surface area contributed by atoms with Crippen LogP contribution in [0.25, 0.3) is 0 Å². The number of hydrogen-bond donors (Lipinski definition) is 1. The van der Waals surface area contributed by atoms with Crippen molar-refractivity contribution < 1.29 is 4.39 Å².